The molecule has 5 heteroatoms. The van der Waals surface area contributed by atoms with Crippen LogP contribution in [0.25, 0.3) is 0 Å². The predicted octanol–water partition coefficient (Wildman–Crippen LogP) is 3.51. The number of nitrogens with zero attached hydrogens (tertiary/aromatic N) is 1. The van der Waals surface area contributed by atoms with Gasteiger partial charge in [-0.05, 0) is 52.3 Å². The zero-order valence-electron chi connectivity index (χ0n) is 13.8. The van der Waals surface area contributed by atoms with E-state index < -0.39 is 5.60 Å². The molecule has 0 saturated heterocycles. The normalized spacial score (nSPS) is 21.0. The number of hydrogen-bond donors (Lipinski definition) is 1. The first-order valence-electron chi connectivity index (χ1n) is 7.14. The molecule has 1 atom stereocenters. The Morgan fingerprint density at radius 3 is 2.57 bits per heavy atom. The summed E-state index contributed by atoms with van der Waals surface area (Å²) < 4.78 is 10.8. The summed E-state index contributed by atoms with van der Waals surface area (Å²) in [4.78, 5) is 13.9. The molecule has 1 aliphatic rings. The number of allylic oxidation sites excluding steroid dienone is 1. The lowest BCUT2D eigenvalue weighted by Crippen LogP contribution is -2.38. The van der Waals surface area contributed by atoms with Crippen LogP contribution >= 0.6 is 0 Å². The van der Waals surface area contributed by atoms with Gasteiger partial charge in [-0.3, -0.25) is 4.90 Å². The van der Waals surface area contributed by atoms with E-state index >= 15 is 0 Å². The molecule has 21 heavy (non-hydrogen) atoms. The summed E-state index contributed by atoms with van der Waals surface area (Å²) in [7, 11) is 1.62. The predicted molar refractivity (Wildman–Crippen MR) is 83.6 cm³/mol. The van der Waals surface area contributed by atoms with Crippen LogP contribution in [0.15, 0.2) is 23.9 Å². The van der Waals surface area contributed by atoms with Crippen LogP contribution in [-0.4, -0.2) is 41.6 Å². The molecule has 5 nitrogen and oxygen atoms in total. The number of hydrogen-bond acceptors (Lipinski definition) is 4. The first-order valence-corrected chi connectivity index (χ1v) is 7.14. The van der Waals surface area contributed by atoms with Crippen LogP contribution in [0.4, 0.5) is 4.79 Å². The summed E-state index contributed by atoms with van der Waals surface area (Å²) in [5.41, 5.74) is 0.842. The SMILES string of the molecule is COC1C=CC(=N)CC1=CN(C(=O)OC(C)(C)C)C(C)C. The maximum Gasteiger partial charge on any atom is 0.414 e. The van der Waals surface area contributed by atoms with Crippen LogP contribution in [0.2, 0.25) is 0 Å². The molecular weight excluding hydrogens is 268 g/mol. The average molecular weight is 294 g/mol. The number of nitrogens with one attached hydrogen (secondary N) is 1. The number of ether oxygens (including phenoxy) is 2. The van der Waals surface area contributed by atoms with E-state index in [4.69, 9.17) is 14.9 Å². The highest BCUT2D eigenvalue weighted by Crippen LogP contribution is 2.21. The van der Waals surface area contributed by atoms with E-state index in [-0.39, 0.29) is 18.2 Å². The van der Waals surface area contributed by atoms with E-state index in [2.05, 4.69) is 0 Å². The van der Waals surface area contributed by atoms with E-state index in [1.54, 1.807) is 24.3 Å². The Labute approximate surface area is 127 Å². The first-order chi connectivity index (χ1) is 9.64. The van der Waals surface area contributed by atoms with Crippen LogP contribution < -0.4 is 0 Å². The quantitative estimate of drug-likeness (QED) is 0.866. The van der Waals surface area contributed by atoms with Gasteiger partial charge in [-0.25, -0.2) is 4.79 Å². The van der Waals surface area contributed by atoms with Crippen molar-refractivity contribution in [3.8, 4) is 0 Å². The average Bonchev–Trinajstić information content (AvgIpc) is 2.33. The zero-order chi connectivity index (χ0) is 16.2. The minimum Gasteiger partial charge on any atom is -0.443 e. The molecule has 1 rings (SSSR count). The Hall–Kier alpha value is -1.62. The van der Waals surface area contributed by atoms with Gasteiger partial charge in [0, 0.05) is 31.5 Å². The molecule has 0 spiro atoms. The van der Waals surface area contributed by atoms with Gasteiger partial charge in [0.2, 0.25) is 0 Å². The molecule has 0 fully saturated rings. The third-order valence-electron chi connectivity index (χ3n) is 2.95. The van der Waals surface area contributed by atoms with Crippen molar-refractivity contribution in [3.63, 3.8) is 0 Å². The Balaban J connectivity index is 3.00. The Bertz CT molecular complexity index is 459. The van der Waals surface area contributed by atoms with Crippen molar-refractivity contribution in [2.24, 2.45) is 0 Å². The molecule has 1 aliphatic carbocycles. The lowest BCUT2D eigenvalue weighted by molar-refractivity contribution is 0.0286. The van der Waals surface area contributed by atoms with Crippen LogP contribution in [-0.2, 0) is 9.47 Å². The van der Waals surface area contributed by atoms with Crippen molar-refractivity contribution in [3.05, 3.63) is 23.9 Å². The van der Waals surface area contributed by atoms with Gasteiger partial charge in [0.25, 0.3) is 0 Å². The Morgan fingerprint density at radius 2 is 2.10 bits per heavy atom. The molecule has 0 bridgehead atoms. The molecule has 0 aromatic heterocycles. The monoisotopic (exact) mass is 294 g/mol. The largest absolute Gasteiger partial charge is 0.443 e. The second kappa shape index (κ2) is 6.89. The molecule has 0 heterocycles. The molecule has 0 aromatic carbocycles. The molecule has 1 unspecified atom stereocenters. The number of carbonyl (C=O) groups excluding carboxylic acids is 1. The van der Waals surface area contributed by atoms with Crippen LogP contribution in [0.1, 0.15) is 41.0 Å². The molecule has 1 N–H and O–H groups in total. The molecule has 0 saturated carbocycles. The van der Waals surface area contributed by atoms with E-state index in [9.17, 15) is 4.79 Å². The third kappa shape index (κ3) is 5.34. The zero-order valence-corrected chi connectivity index (χ0v) is 13.8. The maximum absolute atomic E-state index is 12.3. The van der Waals surface area contributed by atoms with Gasteiger partial charge in [-0.1, -0.05) is 0 Å². The fourth-order valence-corrected chi connectivity index (χ4v) is 1.96. The van der Waals surface area contributed by atoms with Crippen molar-refractivity contribution in [1.82, 2.24) is 4.90 Å². The van der Waals surface area contributed by atoms with E-state index in [1.165, 1.54) is 0 Å². The summed E-state index contributed by atoms with van der Waals surface area (Å²) in [6, 6.07) is -0.0371. The van der Waals surface area contributed by atoms with Crippen molar-refractivity contribution in [1.29, 1.82) is 5.41 Å². The fraction of sp³-hybridized carbons (Fsp3) is 0.625. The highest BCUT2D eigenvalue weighted by molar-refractivity contribution is 5.95. The number of rotatable bonds is 3. The van der Waals surface area contributed by atoms with Gasteiger partial charge >= 0.3 is 6.09 Å². The maximum atomic E-state index is 12.3. The van der Waals surface area contributed by atoms with Gasteiger partial charge in [0.1, 0.15) is 5.60 Å². The number of methoxy groups -OCH3 is 1. The van der Waals surface area contributed by atoms with Gasteiger partial charge < -0.3 is 14.9 Å². The topological polar surface area (TPSA) is 62.6 Å². The molecule has 0 aliphatic heterocycles. The van der Waals surface area contributed by atoms with Crippen molar-refractivity contribution < 1.29 is 14.3 Å². The molecule has 0 aromatic rings. The van der Waals surface area contributed by atoms with Gasteiger partial charge in [0.05, 0.1) is 6.10 Å². The van der Waals surface area contributed by atoms with Crippen LogP contribution in [0.3, 0.4) is 0 Å². The minimum absolute atomic E-state index is 0.0371. The fourth-order valence-electron chi connectivity index (χ4n) is 1.96. The summed E-state index contributed by atoms with van der Waals surface area (Å²) in [5, 5.41) is 7.77. The summed E-state index contributed by atoms with van der Waals surface area (Å²) >= 11 is 0. The van der Waals surface area contributed by atoms with Crippen molar-refractivity contribution >= 4 is 11.8 Å². The molecule has 0 radical (unpaired) electrons. The van der Waals surface area contributed by atoms with Gasteiger partial charge in [-0.2, -0.15) is 0 Å². The summed E-state index contributed by atoms with van der Waals surface area (Å²) in [6.45, 7) is 9.37. The van der Waals surface area contributed by atoms with Crippen LogP contribution in [0.5, 0.6) is 0 Å². The third-order valence-corrected chi connectivity index (χ3v) is 2.95. The minimum atomic E-state index is -0.539. The van der Waals surface area contributed by atoms with Crippen molar-refractivity contribution in [2.45, 2.75) is 58.8 Å². The highest BCUT2D eigenvalue weighted by atomic mass is 16.6. The smallest absolute Gasteiger partial charge is 0.414 e. The second-order valence-electron chi connectivity index (χ2n) is 6.40. The Kier molecular flexibility index (Phi) is 5.72. The molecular formula is C16H26N2O3. The van der Waals surface area contributed by atoms with E-state index in [1.807, 2.05) is 40.7 Å². The summed E-state index contributed by atoms with van der Waals surface area (Å²) in [6.07, 6.45) is 5.19. The van der Waals surface area contributed by atoms with E-state index in [0.29, 0.717) is 12.1 Å². The number of amides is 1. The van der Waals surface area contributed by atoms with E-state index in [0.717, 1.165) is 5.57 Å². The lowest BCUT2D eigenvalue weighted by Gasteiger charge is -2.30. The van der Waals surface area contributed by atoms with Crippen molar-refractivity contribution in [2.75, 3.05) is 7.11 Å². The second-order valence-corrected chi connectivity index (χ2v) is 6.40. The van der Waals surface area contributed by atoms with Gasteiger partial charge in [0.15, 0.2) is 0 Å². The van der Waals surface area contributed by atoms with Gasteiger partial charge in [-0.15, -0.1) is 0 Å². The summed E-state index contributed by atoms with van der Waals surface area (Å²) in [5.74, 6) is 0. The molecule has 1 amide bonds. The molecule has 118 valence electrons. The highest BCUT2D eigenvalue weighted by Gasteiger charge is 2.25. The lowest BCUT2D eigenvalue weighted by atomic mass is 9.97. The first kappa shape index (κ1) is 17.4. The standard InChI is InChI=1S/C16H26N2O3/c1-11(2)18(15(19)21-16(3,4)5)10-12-9-13(17)7-8-14(12)20-6/h7-8,10-11,14,17H,9H2,1-6H3. The Morgan fingerprint density at radius 1 is 1.48 bits per heavy atom. The number of carbonyl (C=O) groups is 1. The van der Waals surface area contributed by atoms with Crippen LogP contribution in [0, 0.1) is 5.41 Å².